The normalized spacial score (nSPS) is 10.8. The van der Waals surface area contributed by atoms with Crippen LogP contribution in [-0.2, 0) is 4.79 Å². The lowest BCUT2D eigenvalue weighted by atomic mass is 10.2. The zero-order valence-electron chi connectivity index (χ0n) is 12.2. The second-order valence-corrected chi connectivity index (χ2v) is 6.14. The molecule has 0 unspecified atom stereocenters. The summed E-state index contributed by atoms with van der Waals surface area (Å²) in [5, 5.41) is 2.93. The lowest BCUT2D eigenvalue weighted by Gasteiger charge is -2.09. The van der Waals surface area contributed by atoms with Gasteiger partial charge in [0.2, 0.25) is 5.91 Å². The number of hydrogen-bond acceptors (Lipinski definition) is 2. The Balaban J connectivity index is 1.98. The van der Waals surface area contributed by atoms with E-state index in [4.69, 9.17) is 11.6 Å². The summed E-state index contributed by atoms with van der Waals surface area (Å²) in [6.07, 6.45) is 4.30. The molecule has 4 heteroatoms. The first kappa shape index (κ1) is 16.7. The molecule has 0 saturated heterocycles. The summed E-state index contributed by atoms with van der Waals surface area (Å²) in [6.45, 7) is 0. The van der Waals surface area contributed by atoms with Crippen molar-refractivity contribution in [3.8, 4) is 0 Å². The monoisotopic (exact) mass is 331 g/mol. The molecule has 2 nitrogen and oxygen atoms in total. The van der Waals surface area contributed by atoms with Crippen LogP contribution < -0.4 is 5.32 Å². The maximum atomic E-state index is 12.0. The highest BCUT2D eigenvalue weighted by atomic mass is 35.5. The van der Waals surface area contributed by atoms with Gasteiger partial charge in [-0.05, 0) is 35.9 Å². The predicted octanol–water partition coefficient (Wildman–Crippen LogP) is 5.06. The number of amides is 1. The second kappa shape index (κ2) is 9.34. The Morgan fingerprint density at radius 3 is 2.59 bits per heavy atom. The Labute approximate surface area is 140 Å². The fourth-order valence-electron chi connectivity index (χ4n) is 1.84. The van der Waals surface area contributed by atoms with Crippen molar-refractivity contribution in [3.05, 3.63) is 66.2 Å². The third-order valence-corrected chi connectivity index (χ3v) is 4.33. The summed E-state index contributed by atoms with van der Waals surface area (Å²) < 4.78 is 0. The van der Waals surface area contributed by atoms with Gasteiger partial charge in [-0.2, -0.15) is 0 Å². The van der Waals surface area contributed by atoms with Crippen molar-refractivity contribution in [3.63, 3.8) is 0 Å². The molecule has 0 fully saturated rings. The van der Waals surface area contributed by atoms with Crippen molar-refractivity contribution in [2.45, 2.75) is 11.3 Å². The van der Waals surface area contributed by atoms with Gasteiger partial charge in [0.15, 0.2) is 0 Å². The first-order chi connectivity index (χ1) is 10.8. The quantitative estimate of drug-likeness (QED) is 0.332. The molecule has 0 radical (unpaired) electrons. The van der Waals surface area contributed by atoms with Gasteiger partial charge in [-0.3, -0.25) is 4.79 Å². The first-order valence-electron chi connectivity index (χ1n) is 7.11. The number of halogens is 1. The number of carbonyl (C=O) groups excluding carboxylic acids is 1. The molecule has 1 amide bonds. The van der Waals surface area contributed by atoms with Gasteiger partial charge >= 0.3 is 0 Å². The van der Waals surface area contributed by atoms with Gasteiger partial charge in [-0.1, -0.05) is 42.5 Å². The van der Waals surface area contributed by atoms with Crippen LogP contribution in [0.2, 0.25) is 0 Å². The largest absolute Gasteiger partial charge is 0.321 e. The number of rotatable bonds is 7. The van der Waals surface area contributed by atoms with E-state index in [0.29, 0.717) is 5.88 Å². The average Bonchev–Trinajstić information content (AvgIpc) is 2.56. The Morgan fingerprint density at radius 1 is 1.09 bits per heavy atom. The van der Waals surface area contributed by atoms with E-state index in [0.717, 1.165) is 28.3 Å². The summed E-state index contributed by atoms with van der Waals surface area (Å²) >= 11 is 7.40. The van der Waals surface area contributed by atoms with Crippen LogP contribution in [0.5, 0.6) is 0 Å². The van der Waals surface area contributed by atoms with Crippen LogP contribution >= 0.6 is 23.4 Å². The summed E-state index contributed by atoms with van der Waals surface area (Å²) in [7, 11) is 0. The number of anilines is 1. The molecule has 2 rings (SSSR count). The molecule has 0 aliphatic heterocycles. The second-order valence-electron chi connectivity index (χ2n) is 4.62. The third kappa shape index (κ3) is 5.58. The van der Waals surface area contributed by atoms with Gasteiger partial charge in [0.1, 0.15) is 0 Å². The van der Waals surface area contributed by atoms with E-state index < -0.39 is 0 Å². The van der Waals surface area contributed by atoms with E-state index >= 15 is 0 Å². The first-order valence-corrected chi connectivity index (χ1v) is 8.63. The molecule has 1 N–H and O–H groups in total. The fraction of sp³-hybridized carbons (Fsp3) is 0.167. The van der Waals surface area contributed by atoms with Crippen molar-refractivity contribution in [1.29, 1.82) is 0 Å². The smallest absolute Gasteiger partial charge is 0.248 e. The molecule has 22 heavy (non-hydrogen) atoms. The van der Waals surface area contributed by atoms with E-state index in [1.807, 2.05) is 54.6 Å². The maximum Gasteiger partial charge on any atom is 0.248 e. The fourth-order valence-corrected chi connectivity index (χ4v) is 3.09. The minimum Gasteiger partial charge on any atom is -0.321 e. The molecule has 0 heterocycles. The van der Waals surface area contributed by atoms with E-state index in [1.54, 1.807) is 23.9 Å². The highest BCUT2D eigenvalue weighted by molar-refractivity contribution is 7.99. The standard InChI is InChI=1S/C18H18ClNOS/c19-13-6-14-22-17-10-5-4-9-16(17)20-18(21)12-11-15-7-2-1-3-8-15/h1-5,7-12H,6,13-14H2,(H,20,21). The van der Waals surface area contributed by atoms with Crippen LogP contribution in [0, 0.1) is 0 Å². The highest BCUT2D eigenvalue weighted by Crippen LogP contribution is 2.27. The van der Waals surface area contributed by atoms with Gasteiger partial charge in [0.05, 0.1) is 5.69 Å². The molecule has 0 aliphatic rings. The molecular formula is C18H18ClNOS. The maximum absolute atomic E-state index is 12.0. The zero-order chi connectivity index (χ0) is 15.6. The van der Waals surface area contributed by atoms with Crippen molar-refractivity contribution >= 4 is 41.0 Å². The van der Waals surface area contributed by atoms with E-state index in [2.05, 4.69) is 5.32 Å². The van der Waals surface area contributed by atoms with Crippen molar-refractivity contribution < 1.29 is 4.79 Å². The summed E-state index contributed by atoms with van der Waals surface area (Å²) in [5.41, 5.74) is 1.84. The van der Waals surface area contributed by atoms with Crippen molar-refractivity contribution in [2.75, 3.05) is 16.9 Å². The lowest BCUT2D eigenvalue weighted by molar-refractivity contribution is -0.111. The number of thioether (sulfide) groups is 1. The van der Waals surface area contributed by atoms with Crippen LogP contribution in [0.1, 0.15) is 12.0 Å². The van der Waals surface area contributed by atoms with Gasteiger partial charge in [0.25, 0.3) is 0 Å². The molecule has 0 bridgehead atoms. The Morgan fingerprint density at radius 2 is 1.82 bits per heavy atom. The molecule has 0 saturated carbocycles. The van der Waals surface area contributed by atoms with Crippen LogP contribution in [0.3, 0.4) is 0 Å². The third-order valence-electron chi connectivity index (χ3n) is 2.91. The zero-order valence-corrected chi connectivity index (χ0v) is 13.7. The van der Waals surface area contributed by atoms with Crippen LogP contribution in [0.4, 0.5) is 5.69 Å². The van der Waals surface area contributed by atoms with E-state index in [1.165, 1.54) is 0 Å². The molecule has 0 atom stereocenters. The Hall–Kier alpha value is -1.71. The van der Waals surface area contributed by atoms with Gasteiger partial charge < -0.3 is 5.32 Å². The molecule has 0 aliphatic carbocycles. The summed E-state index contributed by atoms with van der Waals surface area (Å²) in [5.74, 6) is 1.46. The number of alkyl halides is 1. The molecule has 2 aromatic carbocycles. The number of nitrogens with one attached hydrogen (secondary N) is 1. The van der Waals surface area contributed by atoms with Gasteiger partial charge in [-0.25, -0.2) is 0 Å². The Kier molecular flexibility index (Phi) is 7.07. The topological polar surface area (TPSA) is 29.1 Å². The molecule has 0 spiro atoms. The molecular weight excluding hydrogens is 314 g/mol. The summed E-state index contributed by atoms with van der Waals surface area (Å²) in [6, 6.07) is 17.6. The van der Waals surface area contributed by atoms with Crippen LogP contribution in [-0.4, -0.2) is 17.5 Å². The molecule has 114 valence electrons. The van der Waals surface area contributed by atoms with Gasteiger partial charge in [-0.15, -0.1) is 23.4 Å². The number of hydrogen-bond donors (Lipinski definition) is 1. The predicted molar refractivity (Wildman–Crippen MR) is 96.6 cm³/mol. The number of benzene rings is 2. The number of para-hydroxylation sites is 1. The average molecular weight is 332 g/mol. The van der Waals surface area contributed by atoms with E-state index in [9.17, 15) is 4.79 Å². The SMILES string of the molecule is O=C(C=Cc1ccccc1)Nc1ccccc1SCCCCl. The minimum atomic E-state index is -0.130. The lowest BCUT2D eigenvalue weighted by Crippen LogP contribution is -2.08. The van der Waals surface area contributed by atoms with Crippen LogP contribution in [0.25, 0.3) is 6.08 Å². The van der Waals surface area contributed by atoms with Gasteiger partial charge in [0, 0.05) is 16.9 Å². The van der Waals surface area contributed by atoms with Crippen molar-refractivity contribution in [1.82, 2.24) is 0 Å². The highest BCUT2D eigenvalue weighted by Gasteiger charge is 2.04. The Bertz CT molecular complexity index is 628. The minimum absolute atomic E-state index is 0.130. The molecule has 0 aromatic heterocycles. The van der Waals surface area contributed by atoms with Crippen LogP contribution in [0.15, 0.2) is 65.6 Å². The van der Waals surface area contributed by atoms with Crippen molar-refractivity contribution in [2.24, 2.45) is 0 Å². The number of carbonyl (C=O) groups is 1. The molecule has 2 aromatic rings. The summed E-state index contributed by atoms with van der Waals surface area (Å²) in [4.78, 5) is 13.1. The van der Waals surface area contributed by atoms with E-state index in [-0.39, 0.29) is 5.91 Å².